The van der Waals surface area contributed by atoms with Gasteiger partial charge in [-0.15, -0.1) is 0 Å². The Labute approximate surface area is 84.3 Å². The molecule has 0 amide bonds. The van der Waals surface area contributed by atoms with Crippen LogP contribution in [-0.2, 0) is 0 Å². The lowest BCUT2D eigenvalue weighted by Crippen LogP contribution is -2.42. The van der Waals surface area contributed by atoms with Crippen LogP contribution in [0.4, 0.5) is 0 Å². The second kappa shape index (κ2) is 4.99. The zero-order valence-corrected chi connectivity index (χ0v) is 10.3. The minimum Gasteiger partial charge on any atom is -0.312 e. The second-order valence-electron chi connectivity index (χ2n) is 5.90. The molecule has 0 heterocycles. The van der Waals surface area contributed by atoms with E-state index in [0.717, 1.165) is 6.54 Å². The molecule has 0 rings (SSSR count). The molecule has 80 valence electrons. The molecule has 1 nitrogen and oxygen atoms in total. The fourth-order valence-corrected chi connectivity index (χ4v) is 1.99. The van der Waals surface area contributed by atoms with Gasteiger partial charge in [0.05, 0.1) is 0 Å². The Morgan fingerprint density at radius 3 is 1.92 bits per heavy atom. The van der Waals surface area contributed by atoms with Crippen molar-refractivity contribution in [3.8, 4) is 0 Å². The van der Waals surface area contributed by atoms with Gasteiger partial charge in [-0.2, -0.15) is 0 Å². The Morgan fingerprint density at radius 2 is 1.54 bits per heavy atom. The first kappa shape index (κ1) is 13.0. The summed E-state index contributed by atoms with van der Waals surface area (Å²) >= 11 is 0. The van der Waals surface area contributed by atoms with Gasteiger partial charge in [-0.05, 0) is 38.6 Å². The largest absolute Gasteiger partial charge is 0.312 e. The molecule has 0 aromatic heterocycles. The highest BCUT2D eigenvalue weighted by atomic mass is 14.9. The summed E-state index contributed by atoms with van der Waals surface area (Å²) in [4.78, 5) is 0. The van der Waals surface area contributed by atoms with Crippen molar-refractivity contribution in [3.05, 3.63) is 0 Å². The van der Waals surface area contributed by atoms with Gasteiger partial charge in [0.15, 0.2) is 0 Å². The van der Waals surface area contributed by atoms with Crippen molar-refractivity contribution in [3.63, 3.8) is 0 Å². The fraction of sp³-hybridized carbons (Fsp3) is 1.00. The number of hydrogen-bond acceptors (Lipinski definition) is 1. The van der Waals surface area contributed by atoms with Crippen LogP contribution in [0.1, 0.15) is 60.8 Å². The van der Waals surface area contributed by atoms with Crippen LogP contribution in [0.3, 0.4) is 0 Å². The highest BCUT2D eigenvalue weighted by molar-refractivity contribution is 4.82. The van der Waals surface area contributed by atoms with Crippen LogP contribution < -0.4 is 5.32 Å². The van der Waals surface area contributed by atoms with Crippen molar-refractivity contribution in [1.29, 1.82) is 0 Å². The molecule has 0 saturated heterocycles. The average molecular weight is 185 g/mol. The van der Waals surface area contributed by atoms with Gasteiger partial charge in [0.25, 0.3) is 0 Å². The van der Waals surface area contributed by atoms with E-state index in [9.17, 15) is 0 Å². The Morgan fingerprint density at radius 1 is 1.00 bits per heavy atom. The van der Waals surface area contributed by atoms with Crippen molar-refractivity contribution in [2.75, 3.05) is 6.54 Å². The van der Waals surface area contributed by atoms with Gasteiger partial charge in [0, 0.05) is 5.54 Å². The van der Waals surface area contributed by atoms with Crippen LogP contribution in [0.15, 0.2) is 0 Å². The van der Waals surface area contributed by atoms with Gasteiger partial charge in [-0.1, -0.05) is 34.1 Å². The Kier molecular flexibility index (Phi) is 4.98. The summed E-state index contributed by atoms with van der Waals surface area (Å²) in [6.07, 6.45) is 3.79. The molecule has 13 heavy (non-hydrogen) atoms. The molecule has 0 aliphatic rings. The third-order valence-electron chi connectivity index (χ3n) is 2.11. The normalized spacial score (nSPS) is 13.4. The summed E-state index contributed by atoms with van der Waals surface area (Å²) in [6.45, 7) is 14.9. The highest BCUT2D eigenvalue weighted by Gasteiger charge is 2.24. The predicted molar refractivity (Wildman–Crippen MR) is 61.1 cm³/mol. The summed E-state index contributed by atoms with van der Waals surface area (Å²) in [5.41, 5.74) is 0.704. The van der Waals surface area contributed by atoms with E-state index < -0.39 is 0 Å². The first-order chi connectivity index (χ1) is 5.77. The Hall–Kier alpha value is -0.0400. The van der Waals surface area contributed by atoms with Gasteiger partial charge in [0.1, 0.15) is 0 Å². The van der Waals surface area contributed by atoms with Crippen LogP contribution in [0.2, 0.25) is 0 Å². The van der Waals surface area contributed by atoms with E-state index in [0.29, 0.717) is 5.41 Å². The molecule has 0 atom stereocenters. The topological polar surface area (TPSA) is 12.0 Å². The van der Waals surface area contributed by atoms with Gasteiger partial charge < -0.3 is 5.32 Å². The number of hydrogen-bond donors (Lipinski definition) is 1. The predicted octanol–water partition coefficient (Wildman–Crippen LogP) is 3.59. The smallest absolute Gasteiger partial charge is 0.0130 e. The molecule has 0 unspecified atom stereocenters. The summed E-state index contributed by atoms with van der Waals surface area (Å²) in [5.74, 6) is 0. The highest BCUT2D eigenvalue weighted by Crippen LogP contribution is 2.26. The van der Waals surface area contributed by atoms with E-state index in [2.05, 4.69) is 46.9 Å². The van der Waals surface area contributed by atoms with Gasteiger partial charge in [-0.25, -0.2) is 0 Å². The van der Waals surface area contributed by atoms with E-state index >= 15 is 0 Å². The number of unbranched alkanes of at least 4 members (excludes halogenated alkanes) is 1. The van der Waals surface area contributed by atoms with Crippen LogP contribution in [-0.4, -0.2) is 12.1 Å². The van der Waals surface area contributed by atoms with Crippen molar-refractivity contribution >= 4 is 0 Å². The van der Waals surface area contributed by atoms with E-state index in [-0.39, 0.29) is 5.54 Å². The summed E-state index contributed by atoms with van der Waals surface area (Å²) in [5, 5.41) is 3.62. The van der Waals surface area contributed by atoms with Crippen LogP contribution in [0, 0.1) is 5.41 Å². The number of rotatable bonds is 5. The molecule has 1 N–H and O–H groups in total. The third kappa shape index (κ3) is 8.29. The lowest BCUT2D eigenvalue weighted by molar-refractivity contribution is 0.242. The summed E-state index contributed by atoms with van der Waals surface area (Å²) in [6, 6.07) is 0. The zero-order chi connectivity index (χ0) is 10.5. The first-order valence-corrected chi connectivity index (χ1v) is 5.52. The minimum absolute atomic E-state index is 0.285. The SMILES string of the molecule is CCCCNC(C)(C)CC(C)(C)C. The van der Waals surface area contributed by atoms with Crippen molar-refractivity contribution in [1.82, 2.24) is 5.32 Å². The van der Waals surface area contributed by atoms with Crippen molar-refractivity contribution < 1.29 is 0 Å². The molecule has 0 spiro atoms. The van der Waals surface area contributed by atoms with Crippen LogP contribution >= 0.6 is 0 Å². The van der Waals surface area contributed by atoms with Crippen LogP contribution in [0.25, 0.3) is 0 Å². The van der Waals surface area contributed by atoms with Gasteiger partial charge >= 0.3 is 0 Å². The van der Waals surface area contributed by atoms with E-state index in [1.54, 1.807) is 0 Å². The molecule has 0 fully saturated rings. The molecule has 0 radical (unpaired) electrons. The molecule has 0 saturated carbocycles. The standard InChI is InChI=1S/C12H27N/c1-7-8-9-13-12(5,6)10-11(2,3)4/h13H,7-10H2,1-6H3. The lowest BCUT2D eigenvalue weighted by atomic mass is 9.82. The van der Waals surface area contributed by atoms with E-state index in [4.69, 9.17) is 0 Å². The fourth-order valence-electron chi connectivity index (χ4n) is 1.99. The Balaban J connectivity index is 3.80. The van der Waals surface area contributed by atoms with Gasteiger partial charge in [-0.3, -0.25) is 0 Å². The molecule has 0 aliphatic carbocycles. The Bertz CT molecular complexity index is 131. The maximum absolute atomic E-state index is 3.62. The second-order valence-corrected chi connectivity index (χ2v) is 5.90. The molecular formula is C12H27N. The van der Waals surface area contributed by atoms with E-state index in [1.165, 1.54) is 19.3 Å². The summed E-state index contributed by atoms with van der Waals surface area (Å²) < 4.78 is 0. The lowest BCUT2D eigenvalue weighted by Gasteiger charge is -2.33. The van der Waals surface area contributed by atoms with Crippen LogP contribution in [0.5, 0.6) is 0 Å². The molecule has 0 aromatic rings. The molecule has 0 aromatic carbocycles. The van der Waals surface area contributed by atoms with Crippen molar-refractivity contribution in [2.24, 2.45) is 5.41 Å². The van der Waals surface area contributed by atoms with E-state index in [1.807, 2.05) is 0 Å². The minimum atomic E-state index is 0.285. The maximum atomic E-state index is 3.62. The quantitative estimate of drug-likeness (QED) is 0.645. The molecule has 1 heteroatoms. The molecular weight excluding hydrogens is 158 g/mol. The molecule has 0 aliphatic heterocycles. The van der Waals surface area contributed by atoms with Gasteiger partial charge in [0.2, 0.25) is 0 Å². The first-order valence-electron chi connectivity index (χ1n) is 5.52. The maximum Gasteiger partial charge on any atom is 0.0130 e. The van der Waals surface area contributed by atoms with Crippen molar-refractivity contribution in [2.45, 2.75) is 66.3 Å². The zero-order valence-electron chi connectivity index (χ0n) is 10.3. The average Bonchev–Trinajstić information content (AvgIpc) is 1.81. The molecule has 0 bridgehead atoms. The third-order valence-corrected chi connectivity index (χ3v) is 2.11. The monoisotopic (exact) mass is 185 g/mol. The summed E-state index contributed by atoms with van der Waals surface area (Å²) in [7, 11) is 0. The number of nitrogens with one attached hydrogen (secondary N) is 1.